The van der Waals surface area contributed by atoms with Crippen molar-refractivity contribution in [1.82, 2.24) is 0 Å². The molecule has 210 valence electrons. The normalized spacial score (nSPS) is 25.9. The van der Waals surface area contributed by atoms with Crippen LogP contribution in [0.3, 0.4) is 0 Å². The van der Waals surface area contributed by atoms with Crippen LogP contribution in [0.4, 0.5) is 0 Å². The monoisotopic (exact) mass is 550 g/mol. The summed E-state index contributed by atoms with van der Waals surface area (Å²) in [5.41, 5.74) is 0.273. The molecule has 0 amide bonds. The van der Waals surface area contributed by atoms with Crippen LogP contribution in [0.5, 0.6) is 0 Å². The zero-order valence-electron chi connectivity index (χ0n) is 22.9. The van der Waals surface area contributed by atoms with Gasteiger partial charge in [-0.25, -0.2) is 9.59 Å². The Hall–Kier alpha value is -2.54. The first-order valence-electron chi connectivity index (χ1n) is 12.4. The molecule has 0 aliphatic carbocycles. The number of aliphatic hydroxyl groups excluding tert-OH is 2. The number of aliphatic hydroxyl groups is 2. The second-order valence-corrected chi connectivity index (χ2v) is 15.6. The summed E-state index contributed by atoms with van der Waals surface area (Å²) in [6.45, 7) is 10.3. The van der Waals surface area contributed by atoms with Gasteiger partial charge in [0.1, 0.15) is 12.2 Å². The van der Waals surface area contributed by atoms with Gasteiger partial charge >= 0.3 is 11.9 Å². The molecule has 1 unspecified atom stereocenters. The Morgan fingerprint density at radius 2 is 1.74 bits per heavy atom. The van der Waals surface area contributed by atoms with E-state index in [-0.39, 0.29) is 22.8 Å². The molecule has 0 radical (unpaired) electrons. The lowest BCUT2D eigenvalue weighted by atomic mass is 9.89. The molecule has 1 aromatic heterocycles. The predicted molar refractivity (Wildman–Crippen MR) is 139 cm³/mol. The number of benzene rings is 1. The third kappa shape index (κ3) is 6.19. The van der Waals surface area contributed by atoms with Gasteiger partial charge in [0, 0.05) is 13.5 Å². The molecular weight excluding hydrogens is 512 g/mol. The van der Waals surface area contributed by atoms with Crippen LogP contribution < -0.4 is 0 Å². The van der Waals surface area contributed by atoms with Crippen molar-refractivity contribution < 1.29 is 47.6 Å². The maximum absolute atomic E-state index is 13.2. The first kappa shape index (κ1) is 30.0. The summed E-state index contributed by atoms with van der Waals surface area (Å²) in [5.74, 6) is -3.06. The van der Waals surface area contributed by atoms with Crippen molar-refractivity contribution >= 4 is 20.3 Å². The maximum Gasteiger partial charge on any atom is 0.338 e. The van der Waals surface area contributed by atoms with E-state index in [9.17, 15) is 19.8 Å². The van der Waals surface area contributed by atoms with Gasteiger partial charge in [0.15, 0.2) is 26.3 Å². The Bertz CT molecular complexity index is 1070. The fourth-order valence-corrected chi connectivity index (χ4v) is 5.42. The standard InChI is InChI=1S/C27H38O10Si/c1-26(2,3)38(6,7)37-18-16-27(33-5,19-14-11-15-34-19)36-23(20(28)21(29)25(31)32-4)22(18)35-24(30)17-12-9-8-10-13-17/h8-15,18,20-23,28-29H,16H2,1-7H3/t18-,20+,21-,22-,23?,27-/m0/s1. The molecule has 11 heteroatoms. The van der Waals surface area contributed by atoms with Crippen LogP contribution in [0.1, 0.15) is 43.3 Å². The van der Waals surface area contributed by atoms with Gasteiger partial charge in [0.2, 0.25) is 5.79 Å². The molecule has 6 atom stereocenters. The number of esters is 2. The average molecular weight is 551 g/mol. The zero-order chi connectivity index (χ0) is 28.3. The fraction of sp³-hybridized carbons (Fsp3) is 0.556. The molecule has 1 fully saturated rings. The van der Waals surface area contributed by atoms with Crippen LogP contribution in [-0.4, -0.2) is 75.2 Å². The van der Waals surface area contributed by atoms with Gasteiger partial charge in [-0.15, -0.1) is 0 Å². The third-order valence-electron chi connectivity index (χ3n) is 7.32. The quantitative estimate of drug-likeness (QED) is 0.353. The Morgan fingerprint density at radius 3 is 2.26 bits per heavy atom. The van der Waals surface area contributed by atoms with Gasteiger partial charge in [-0.1, -0.05) is 39.0 Å². The summed E-state index contributed by atoms with van der Waals surface area (Å²) in [6.07, 6.45) is -5.96. The van der Waals surface area contributed by atoms with Crippen LogP contribution in [0.2, 0.25) is 18.1 Å². The molecule has 10 nitrogen and oxygen atoms in total. The van der Waals surface area contributed by atoms with Crippen LogP contribution in [-0.2, 0) is 34.0 Å². The molecule has 0 spiro atoms. The van der Waals surface area contributed by atoms with Crippen LogP contribution in [0, 0.1) is 0 Å². The van der Waals surface area contributed by atoms with Crippen molar-refractivity contribution in [2.75, 3.05) is 14.2 Å². The molecular formula is C27H38O10Si. The molecule has 1 saturated heterocycles. The Balaban J connectivity index is 2.12. The molecule has 2 N–H and O–H groups in total. The number of carbonyl (C=O) groups is 2. The summed E-state index contributed by atoms with van der Waals surface area (Å²) < 4.78 is 35.0. The highest BCUT2D eigenvalue weighted by molar-refractivity contribution is 6.74. The van der Waals surface area contributed by atoms with Crippen LogP contribution in [0.25, 0.3) is 0 Å². The van der Waals surface area contributed by atoms with Crippen LogP contribution >= 0.6 is 0 Å². The molecule has 38 heavy (non-hydrogen) atoms. The van der Waals surface area contributed by atoms with E-state index in [1.54, 1.807) is 42.5 Å². The lowest BCUT2D eigenvalue weighted by Gasteiger charge is -2.50. The number of furan rings is 1. The number of ether oxygens (including phenoxy) is 4. The summed E-state index contributed by atoms with van der Waals surface area (Å²) in [7, 11) is -0.0265. The largest absolute Gasteiger partial charge is 0.467 e. The number of methoxy groups -OCH3 is 2. The van der Waals surface area contributed by atoms with Gasteiger partial charge < -0.3 is 38.0 Å². The van der Waals surface area contributed by atoms with E-state index in [4.69, 9.17) is 23.1 Å². The zero-order valence-corrected chi connectivity index (χ0v) is 23.9. The van der Waals surface area contributed by atoms with Crippen molar-refractivity contribution in [2.24, 2.45) is 0 Å². The van der Waals surface area contributed by atoms with Crippen molar-refractivity contribution in [1.29, 1.82) is 0 Å². The Kier molecular flexibility index (Phi) is 9.23. The van der Waals surface area contributed by atoms with Gasteiger partial charge in [0.05, 0.1) is 25.0 Å². The average Bonchev–Trinajstić information content (AvgIpc) is 3.43. The summed E-state index contributed by atoms with van der Waals surface area (Å²) in [6, 6.07) is 11.6. The second-order valence-electron chi connectivity index (χ2n) is 10.8. The van der Waals surface area contributed by atoms with E-state index in [1.807, 2.05) is 13.1 Å². The second kappa shape index (κ2) is 11.7. The molecule has 2 heterocycles. The van der Waals surface area contributed by atoms with E-state index in [1.165, 1.54) is 13.4 Å². The van der Waals surface area contributed by atoms with E-state index in [0.717, 1.165) is 7.11 Å². The van der Waals surface area contributed by atoms with E-state index < -0.39 is 56.6 Å². The van der Waals surface area contributed by atoms with Crippen molar-refractivity contribution in [2.45, 2.75) is 81.6 Å². The smallest absolute Gasteiger partial charge is 0.338 e. The molecule has 2 aromatic rings. The van der Waals surface area contributed by atoms with E-state index in [2.05, 4.69) is 25.5 Å². The van der Waals surface area contributed by atoms with Crippen LogP contribution in [0.15, 0.2) is 53.1 Å². The number of hydrogen-bond donors (Lipinski definition) is 2. The molecule has 0 saturated carbocycles. The number of carbonyl (C=O) groups excluding carboxylic acids is 2. The Morgan fingerprint density at radius 1 is 1.08 bits per heavy atom. The van der Waals surface area contributed by atoms with Gasteiger partial charge in [-0.05, 0) is 42.4 Å². The minimum Gasteiger partial charge on any atom is -0.467 e. The highest BCUT2D eigenvalue weighted by Crippen LogP contribution is 2.46. The highest BCUT2D eigenvalue weighted by atomic mass is 28.4. The third-order valence-corrected chi connectivity index (χ3v) is 11.8. The van der Waals surface area contributed by atoms with Gasteiger partial charge in [-0.3, -0.25) is 0 Å². The first-order chi connectivity index (χ1) is 17.8. The summed E-state index contributed by atoms with van der Waals surface area (Å²) in [4.78, 5) is 25.4. The van der Waals surface area contributed by atoms with Crippen molar-refractivity contribution in [3.05, 3.63) is 60.1 Å². The molecule has 1 aliphatic rings. The highest BCUT2D eigenvalue weighted by Gasteiger charge is 2.57. The lowest BCUT2D eigenvalue weighted by molar-refractivity contribution is -0.339. The SMILES string of the molecule is COC(=O)[C@@H](O)[C@@H](O)C1O[C@](OC)(c2ccco2)C[C@H](O[Si](C)(C)C(C)(C)C)[C@@H]1OC(=O)c1ccccc1. The van der Waals surface area contributed by atoms with E-state index >= 15 is 0 Å². The molecule has 0 bridgehead atoms. The lowest BCUT2D eigenvalue weighted by Crippen LogP contribution is -2.64. The minimum absolute atomic E-state index is 0.0355. The van der Waals surface area contributed by atoms with E-state index in [0.29, 0.717) is 0 Å². The molecule has 3 rings (SSSR count). The number of rotatable bonds is 9. The van der Waals surface area contributed by atoms with Gasteiger partial charge in [-0.2, -0.15) is 0 Å². The number of hydrogen-bond acceptors (Lipinski definition) is 10. The Labute approximate surface area is 223 Å². The maximum atomic E-state index is 13.2. The molecule has 1 aliphatic heterocycles. The topological polar surface area (TPSA) is 134 Å². The van der Waals surface area contributed by atoms with Gasteiger partial charge in [0.25, 0.3) is 0 Å². The fourth-order valence-electron chi connectivity index (χ4n) is 4.09. The minimum atomic E-state index is -2.51. The predicted octanol–water partition coefficient (Wildman–Crippen LogP) is 3.38. The molecule has 1 aromatic carbocycles. The summed E-state index contributed by atoms with van der Waals surface area (Å²) in [5, 5.41) is 21.6. The van der Waals surface area contributed by atoms with Crippen molar-refractivity contribution in [3.63, 3.8) is 0 Å². The summed E-state index contributed by atoms with van der Waals surface area (Å²) >= 11 is 0. The first-order valence-corrected chi connectivity index (χ1v) is 15.3. The van der Waals surface area contributed by atoms with Crippen molar-refractivity contribution in [3.8, 4) is 0 Å².